The summed E-state index contributed by atoms with van der Waals surface area (Å²) in [7, 11) is 3.99. The number of Topliss-reactive ketones (excluding diaryl/α,β-unsaturated/α-hetero) is 1. The molecule has 0 aliphatic heterocycles. The molecule has 4 aromatic rings. The molecule has 8 nitrogen and oxygen atoms in total. The van der Waals surface area contributed by atoms with Crippen LogP contribution in [0, 0.1) is 5.92 Å². The molecule has 10 heteroatoms. The smallest absolute Gasteiger partial charge is 0.233 e. The van der Waals surface area contributed by atoms with Crippen LogP contribution in [0.2, 0.25) is 5.02 Å². The van der Waals surface area contributed by atoms with E-state index in [1.165, 1.54) is 11.8 Å². The third-order valence-electron chi connectivity index (χ3n) is 8.27. The van der Waals surface area contributed by atoms with Crippen molar-refractivity contribution in [2.45, 2.75) is 56.1 Å². The first-order chi connectivity index (χ1) is 22.3. The van der Waals surface area contributed by atoms with Gasteiger partial charge in [0, 0.05) is 54.8 Å². The van der Waals surface area contributed by atoms with Crippen LogP contribution in [-0.4, -0.2) is 60.2 Å². The van der Waals surface area contributed by atoms with Gasteiger partial charge in [0.1, 0.15) is 11.6 Å². The Bertz CT molecular complexity index is 1610. The summed E-state index contributed by atoms with van der Waals surface area (Å²) >= 11 is 7.55. The lowest BCUT2D eigenvalue weighted by molar-refractivity contribution is -0.120. The van der Waals surface area contributed by atoms with Crippen molar-refractivity contribution in [3.8, 4) is 5.75 Å². The van der Waals surface area contributed by atoms with Gasteiger partial charge in [-0.3, -0.25) is 9.59 Å². The molecule has 1 heterocycles. The van der Waals surface area contributed by atoms with Gasteiger partial charge in [0.25, 0.3) is 0 Å². The summed E-state index contributed by atoms with van der Waals surface area (Å²) in [5.74, 6) is 3.09. The van der Waals surface area contributed by atoms with E-state index in [9.17, 15) is 9.59 Å². The van der Waals surface area contributed by atoms with Gasteiger partial charge in [0.2, 0.25) is 11.9 Å². The molecule has 2 N–H and O–H groups in total. The molecule has 5 rings (SSSR count). The molecule has 0 radical (unpaired) electrons. The quantitative estimate of drug-likeness (QED) is 0.135. The number of hydrogen-bond donors (Lipinski definition) is 2. The number of rotatable bonds is 14. The highest BCUT2D eigenvalue weighted by Gasteiger charge is 2.26. The largest absolute Gasteiger partial charge is 0.494 e. The van der Waals surface area contributed by atoms with E-state index in [-0.39, 0.29) is 24.2 Å². The monoisotopic (exact) mass is 659 g/mol. The Labute approximate surface area is 280 Å². The standard InChI is InChI=1S/C36H42ClN5O3S/c1-4-45-29-19-13-26(14-20-29)32(43)21-33(46-23-25-9-15-27(37)16-10-25)35(44)38-22-24-11-17-28(18-12-24)39-36-40-31-8-6-5-7-30(31)34(41-36)42(2)3/h5-10,13-16,19-20,24,28,33H,4,11-12,17-18,21-23H2,1-3H3,(H,38,44)(H,39,40,41). The number of nitrogens with one attached hydrogen (secondary N) is 2. The summed E-state index contributed by atoms with van der Waals surface area (Å²) in [6.07, 6.45) is 4.03. The fourth-order valence-electron chi connectivity index (χ4n) is 5.71. The lowest BCUT2D eigenvalue weighted by atomic mass is 9.86. The summed E-state index contributed by atoms with van der Waals surface area (Å²) in [5, 5.41) is 7.93. The van der Waals surface area contributed by atoms with E-state index < -0.39 is 5.25 Å². The second-order valence-corrected chi connectivity index (χ2v) is 13.5. The van der Waals surface area contributed by atoms with Crippen molar-refractivity contribution in [3.05, 3.63) is 88.9 Å². The van der Waals surface area contributed by atoms with Crippen LogP contribution in [-0.2, 0) is 10.5 Å². The van der Waals surface area contributed by atoms with Gasteiger partial charge in [-0.2, -0.15) is 4.98 Å². The minimum Gasteiger partial charge on any atom is -0.494 e. The average molecular weight is 660 g/mol. The number of thioether (sulfide) groups is 1. The number of carbonyl (C=O) groups excluding carboxylic acids is 2. The first-order valence-corrected chi connectivity index (χ1v) is 17.3. The number of ether oxygens (including phenoxy) is 1. The number of halogens is 1. The van der Waals surface area contributed by atoms with E-state index in [4.69, 9.17) is 26.3 Å². The van der Waals surface area contributed by atoms with E-state index in [2.05, 4.69) is 10.6 Å². The number of hydrogen-bond acceptors (Lipinski definition) is 8. The molecule has 1 amide bonds. The van der Waals surface area contributed by atoms with Crippen LogP contribution in [0.3, 0.4) is 0 Å². The predicted molar refractivity (Wildman–Crippen MR) is 189 cm³/mol. The van der Waals surface area contributed by atoms with Gasteiger partial charge in [0.15, 0.2) is 5.78 Å². The number of ketones is 1. The minimum atomic E-state index is -0.510. The molecule has 1 unspecified atom stereocenters. The van der Waals surface area contributed by atoms with Crippen molar-refractivity contribution in [2.24, 2.45) is 5.92 Å². The zero-order chi connectivity index (χ0) is 32.5. The molecule has 3 aromatic carbocycles. The molecule has 0 saturated heterocycles. The number of benzene rings is 3. The summed E-state index contributed by atoms with van der Waals surface area (Å²) in [4.78, 5) is 38.3. The predicted octanol–water partition coefficient (Wildman–Crippen LogP) is 7.41. The van der Waals surface area contributed by atoms with Crippen LogP contribution in [0.15, 0.2) is 72.8 Å². The van der Waals surface area contributed by atoms with Crippen molar-refractivity contribution in [1.29, 1.82) is 0 Å². The Balaban J connectivity index is 1.16. The molecule has 1 fully saturated rings. The SMILES string of the molecule is CCOc1ccc(C(=O)CC(SCc2ccc(Cl)cc2)C(=O)NCC2CCC(Nc3nc(N(C)C)c4ccccc4n3)CC2)cc1. The van der Waals surface area contributed by atoms with Crippen LogP contribution >= 0.6 is 23.4 Å². The Kier molecular flexibility index (Phi) is 11.8. The zero-order valence-electron chi connectivity index (χ0n) is 26.7. The molecule has 0 spiro atoms. The fourth-order valence-corrected chi connectivity index (χ4v) is 6.93. The van der Waals surface area contributed by atoms with Gasteiger partial charge in [-0.05, 0) is 92.6 Å². The number of aromatic nitrogens is 2. The Morgan fingerprint density at radius 1 is 0.978 bits per heavy atom. The summed E-state index contributed by atoms with van der Waals surface area (Å²) < 4.78 is 5.51. The molecule has 1 aliphatic rings. The normalized spacial score (nSPS) is 16.9. The first-order valence-electron chi connectivity index (χ1n) is 15.9. The van der Waals surface area contributed by atoms with Crippen molar-refractivity contribution in [3.63, 3.8) is 0 Å². The molecule has 46 heavy (non-hydrogen) atoms. The number of para-hydroxylation sites is 1. The second-order valence-electron chi connectivity index (χ2n) is 11.9. The van der Waals surface area contributed by atoms with Crippen LogP contribution < -0.4 is 20.3 Å². The maximum Gasteiger partial charge on any atom is 0.233 e. The topological polar surface area (TPSA) is 96.5 Å². The Hall–Kier alpha value is -3.82. The first kappa shape index (κ1) is 33.5. The molecule has 0 bridgehead atoms. The third kappa shape index (κ3) is 9.13. The van der Waals surface area contributed by atoms with E-state index in [1.54, 1.807) is 24.3 Å². The van der Waals surface area contributed by atoms with Gasteiger partial charge < -0.3 is 20.3 Å². The zero-order valence-corrected chi connectivity index (χ0v) is 28.2. The van der Waals surface area contributed by atoms with Crippen LogP contribution in [0.25, 0.3) is 10.9 Å². The molecular formula is C36H42ClN5O3S. The Morgan fingerprint density at radius 3 is 2.39 bits per heavy atom. The van der Waals surface area contributed by atoms with Gasteiger partial charge in [-0.1, -0.05) is 35.9 Å². The lowest BCUT2D eigenvalue weighted by Crippen LogP contribution is -2.39. The number of amides is 1. The maximum absolute atomic E-state index is 13.5. The van der Waals surface area contributed by atoms with Gasteiger partial charge in [-0.15, -0.1) is 11.8 Å². The number of carbonyl (C=O) groups is 2. The molecule has 1 aromatic heterocycles. The number of nitrogens with zero attached hydrogens (tertiary/aromatic N) is 3. The third-order valence-corrected chi connectivity index (χ3v) is 9.80. The summed E-state index contributed by atoms with van der Waals surface area (Å²) in [5.41, 5.74) is 2.55. The van der Waals surface area contributed by atoms with Crippen LogP contribution in [0.4, 0.5) is 11.8 Å². The molecule has 242 valence electrons. The van der Waals surface area contributed by atoms with E-state index in [1.807, 2.05) is 74.4 Å². The fraction of sp³-hybridized carbons (Fsp3) is 0.389. The van der Waals surface area contributed by atoms with Crippen molar-refractivity contribution >= 4 is 57.7 Å². The van der Waals surface area contributed by atoms with Gasteiger partial charge >= 0.3 is 0 Å². The maximum atomic E-state index is 13.5. The molecule has 1 saturated carbocycles. The summed E-state index contributed by atoms with van der Waals surface area (Å²) in [6, 6.07) is 23.1. The molecular weight excluding hydrogens is 618 g/mol. The number of fused-ring (bicyclic) bond motifs is 1. The highest BCUT2D eigenvalue weighted by molar-refractivity contribution is 7.99. The minimum absolute atomic E-state index is 0.0632. The highest BCUT2D eigenvalue weighted by atomic mass is 35.5. The van der Waals surface area contributed by atoms with E-state index in [0.29, 0.717) is 41.4 Å². The molecule has 1 atom stereocenters. The van der Waals surface area contributed by atoms with Gasteiger partial charge in [0.05, 0.1) is 17.4 Å². The van der Waals surface area contributed by atoms with E-state index in [0.717, 1.165) is 53.7 Å². The van der Waals surface area contributed by atoms with Gasteiger partial charge in [-0.25, -0.2) is 4.98 Å². The van der Waals surface area contributed by atoms with Crippen LogP contribution in [0.5, 0.6) is 5.75 Å². The van der Waals surface area contributed by atoms with Crippen LogP contribution in [0.1, 0.15) is 54.9 Å². The average Bonchev–Trinajstić information content (AvgIpc) is 3.07. The summed E-state index contributed by atoms with van der Waals surface area (Å²) in [6.45, 7) is 3.08. The van der Waals surface area contributed by atoms with E-state index >= 15 is 0 Å². The Morgan fingerprint density at radius 2 is 1.70 bits per heavy atom. The molecule has 1 aliphatic carbocycles. The van der Waals surface area contributed by atoms with Crippen molar-refractivity contribution in [2.75, 3.05) is 37.5 Å². The second kappa shape index (κ2) is 16.1. The van der Waals surface area contributed by atoms with Crippen molar-refractivity contribution < 1.29 is 14.3 Å². The lowest BCUT2D eigenvalue weighted by Gasteiger charge is -2.30. The number of anilines is 2. The highest BCUT2D eigenvalue weighted by Crippen LogP contribution is 2.29. The van der Waals surface area contributed by atoms with Crippen molar-refractivity contribution in [1.82, 2.24) is 15.3 Å².